The number of carbonyl (C=O) groups is 1. The monoisotopic (exact) mass is 363 g/mol. The number of benzene rings is 1. The largest absolute Gasteiger partial charge is 0.448 e. The molecule has 0 heterocycles. The van der Waals surface area contributed by atoms with Crippen molar-refractivity contribution in [3.05, 3.63) is 29.8 Å². The van der Waals surface area contributed by atoms with E-state index < -0.39 is 6.09 Å². The van der Waals surface area contributed by atoms with Crippen LogP contribution >= 0.6 is 0 Å². The minimum absolute atomic E-state index is 0.352. The van der Waals surface area contributed by atoms with Crippen molar-refractivity contribution >= 4 is 6.09 Å². The maximum Gasteiger partial charge on any atom is 0.443 e. The molecule has 0 saturated carbocycles. The van der Waals surface area contributed by atoms with Crippen LogP contribution in [0.4, 0.5) is 4.79 Å². The third-order valence-corrected chi connectivity index (χ3v) is 4.39. The second-order valence-electron chi connectivity index (χ2n) is 6.89. The van der Waals surface area contributed by atoms with Gasteiger partial charge in [0.05, 0.1) is 13.2 Å². The van der Waals surface area contributed by atoms with Gasteiger partial charge in [-0.2, -0.15) is 0 Å². The zero-order valence-electron chi connectivity index (χ0n) is 17.0. The number of hydroxylamine groups is 2. The molecule has 0 fully saturated rings. The van der Waals surface area contributed by atoms with Gasteiger partial charge in [0.2, 0.25) is 0 Å². The third kappa shape index (κ3) is 10.3. The molecule has 1 rings (SSSR count). The molecule has 4 nitrogen and oxygen atoms in total. The highest BCUT2D eigenvalue weighted by Gasteiger charge is 2.16. The lowest BCUT2D eigenvalue weighted by Crippen LogP contribution is -2.35. The Morgan fingerprint density at radius 2 is 1.54 bits per heavy atom. The maximum atomic E-state index is 12.1. The number of ether oxygens (including phenoxy) is 1. The lowest BCUT2D eigenvalue weighted by Gasteiger charge is -2.21. The van der Waals surface area contributed by atoms with Crippen molar-refractivity contribution in [3.63, 3.8) is 0 Å². The minimum atomic E-state index is -0.412. The Morgan fingerprint density at radius 1 is 0.923 bits per heavy atom. The third-order valence-electron chi connectivity index (χ3n) is 4.39. The summed E-state index contributed by atoms with van der Waals surface area (Å²) in [6.45, 7) is 6.98. The Labute approximate surface area is 159 Å². The molecule has 1 aromatic rings. The van der Waals surface area contributed by atoms with Crippen LogP contribution in [0, 0.1) is 6.92 Å². The molecule has 1 aromatic carbocycles. The molecule has 0 spiro atoms. The van der Waals surface area contributed by atoms with Gasteiger partial charge < -0.3 is 9.57 Å². The van der Waals surface area contributed by atoms with E-state index in [0.717, 1.165) is 18.4 Å². The van der Waals surface area contributed by atoms with Crippen LogP contribution in [0.15, 0.2) is 24.3 Å². The molecule has 0 aromatic heterocycles. The van der Waals surface area contributed by atoms with E-state index in [1.54, 1.807) is 0 Å². The van der Waals surface area contributed by atoms with Gasteiger partial charge in [-0.05, 0) is 38.0 Å². The lowest BCUT2D eigenvalue weighted by atomic mass is 10.1. The summed E-state index contributed by atoms with van der Waals surface area (Å²) in [6.07, 6.45) is 12.2. The second-order valence-corrected chi connectivity index (χ2v) is 6.89. The summed E-state index contributed by atoms with van der Waals surface area (Å²) in [5.74, 6) is 0.671. The van der Waals surface area contributed by atoms with Gasteiger partial charge in [-0.15, -0.1) is 5.06 Å². The summed E-state index contributed by atoms with van der Waals surface area (Å²) in [6, 6.07) is 7.71. The van der Waals surface area contributed by atoms with Gasteiger partial charge in [0.25, 0.3) is 0 Å². The van der Waals surface area contributed by atoms with Crippen LogP contribution in [0.25, 0.3) is 0 Å². The van der Waals surface area contributed by atoms with Gasteiger partial charge >= 0.3 is 6.09 Å². The molecule has 0 radical (unpaired) electrons. The van der Waals surface area contributed by atoms with Crippen molar-refractivity contribution in [2.75, 3.05) is 13.2 Å². The van der Waals surface area contributed by atoms with E-state index in [9.17, 15) is 4.79 Å². The van der Waals surface area contributed by atoms with Crippen LogP contribution < -0.4 is 4.84 Å². The highest BCUT2D eigenvalue weighted by atomic mass is 16.7. The molecule has 1 amide bonds. The molecule has 0 aliphatic rings. The number of aryl methyl sites for hydroxylation is 1. The molecule has 0 aliphatic heterocycles. The molecule has 0 atom stereocenters. The van der Waals surface area contributed by atoms with E-state index in [-0.39, 0.29) is 0 Å². The highest BCUT2D eigenvalue weighted by Crippen LogP contribution is 2.16. The van der Waals surface area contributed by atoms with E-state index in [4.69, 9.17) is 9.57 Å². The van der Waals surface area contributed by atoms with Crippen LogP contribution in [-0.2, 0) is 4.74 Å². The molecule has 148 valence electrons. The predicted octanol–water partition coefficient (Wildman–Crippen LogP) is 6.67. The van der Waals surface area contributed by atoms with Gasteiger partial charge in [-0.3, -0.25) is 0 Å². The quantitative estimate of drug-likeness (QED) is 0.274. The number of carbonyl (C=O) groups excluding carboxylic acids is 1. The Morgan fingerprint density at radius 3 is 2.12 bits per heavy atom. The fourth-order valence-electron chi connectivity index (χ4n) is 2.91. The van der Waals surface area contributed by atoms with Crippen molar-refractivity contribution in [2.24, 2.45) is 0 Å². The average molecular weight is 364 g/mol. The Kier molecular flexibility index (Phi) is 12.4. The summed E-state index contributed by atoms with van der Waals surface area (Å²) >= 11 is 0. The van der Waals surface area contributed by atoms with Gasteiger partial charge in [-0.1, -0.05) is 76.8 Å². The zero-order chi connectivity index (χ0) is 19.0. The molecule has 0 N–H and O–H groups in total. The predicted molar refractivity (Wildman–Crippen MR) is 107 cm³/mol. The van der Waals surface area contributed by atoms with E-state index >= 15 is 0 Å². The number of amides is 1. The Bertz CT molecular complexity index is 490. The molecule has 4 heteroatoms. The number of hydrogen-bond acceptors (Lipinski definition) is 3. The van der Waals surface area contributed by atoms with Gasteiger partial charge in [0.15, 0.2) is 5.75 Å². The number of rotatable bonds is 14. The van der Waals surface area contributed by atoms with E-state index in [1.807, 2.05) is 38.1 Å². The van der Waals surface area contributed by atoms with E-state index in [1.165, 1.54) is 56.4 Å². The zero-order valence-corrected chi connectivity index (χ0v) is 17.0. The number of nitrogens with zero attached hydrogens (tertiary/aromatic N) is 1. The van der Waals surface area contributed by atoms with Gasteiger partial charge in [0.1, 0.15) is 0 Å². The minimum Gasteiger partial charge on any atom is -0.448 e. The molecule has 0 aliphatic carbocycles. The van der Waals surface area contributed by atoms with Crippen molar-refractivity contribution in [3.8, 4) is 5.75 Å². The summed E-state index contributed by atoms with van der Waals surface area (Å²) in [5, 5.41) is 1.35. The van der Waals surface area contributed by atoms with Crippen LogP contribution in [0.2, 0.25) is 0 Å². The molecule has 26 heavy (non-hydrogen) atoms. The van der Waals surface area contributed by atoms with Crippen molar-refractivity contribution < 1.29 is 14.4 Å². The Balaban J connectivity index is 2.25. The first-order valence-corrected chi connectivity index (χ1v) is 10.4. The summed E-state index contributed by atoms with van der Waals surface area (Å²) in [5.41, 5.74) is 1.10. The van der Waals surface area contributed by atoms with E-state index in [2.05, 4.69) is 6.92 Å². The fourth-order valence-corrected chi connectivity index (χ4v) is 2.91. The Hall–Kier alpha value is -1.71. The van der Waals surface area contributed by atoms with Crippen molar-refractivity contribution in [1.29, 1.82) is 0 Å². The van der Waals surface area contributed by atoms with Crippen LogP contribution in [0.3, 0.4) is 0 Å². The van der Waals surface area contributed by atoms with Crippen molar-refractivity contribution in [1.82, 2.24) is 5.06 Å². The highest BCUT2D eigenvalue weighted by molar-refractivity contribution is 5.66. The fraction of sp³-hybridized carbons (Fsp3) is 0.682. The van der Waals surface area contributed by atoms with Crippen LogP contribution in [0.5, 0.6) is 5.75 Å². The first-order chi connectivity index (χ1) is 12.7. The molecular weight excluding hydrogens is 326 g/mol. The summed E-state index contributed by atoms with van der Waals surface area (Å²) in [4.78, 5) is 17.9. The smallest absolute Gasteiger partial charge is 0.443 e. The average Bonchev–Trinajstić information content (AvgIpc) is 2.62. The lowest BCUT2D eigenvalue weighted by molar-refractivity contribution is -0.0479. The summed E-state index contributed by atoms with van der Waals surface area (Å²) in [7, 11) is 0. The standard InChI is InChI=1S/C22H37NO3/c1-4-6-7-8-9-10-11-12-13-14-18-23(22(24)25-5-2)26-21-17-15-16-20(3)19-21/h15-17,19H,4-14,18H2,1-3H3. The molecule has 0 bridgehead atoms. The van der Waals surface area contributed by atoms with E-state index in [0.29, 0.717) is 18.9 Å². The number of unbranched alkanes of at least 4 members (excludes halogenated alkanes) is 9. The first-order valence-electron chi connectivity index (χ1n) is 10.4. The van der Waals surface area contributed by atoms with Crippen LogP contribution in [0.1, 0.15) is 83.6 Å². The normalized spacial score (nSPS) is 10.6. The summed E-state index contributed by atoms with van der Waals surface area (Å²) < 4.78 is 5.11. The van der Waals surface area contributed by atoms with Gasteiger partial charge in [-0.25, -0.2) is 4.79 Å². The molecule has 0 saturated heterocycles. The SMILES string of the molecule is CCCCCCCCCCCCN(Oc1cccc(C)c1)C(=O)OCC. The van der Waals surface area contributed by atoms with Gasteiger partial charge in [0, 0.05) is 0 Å². The second kappa shape index (κ2) is 14.5. The first kappa shape index (κ1) is 22.3. The number of hydrogen-bond donors (Lipinski definition) is 0. The van der Waals surface area contributed by atoms with Crippen molar-refractivity contribution in [2.45, 2.75) is 85.0 Å². The maximum absolute atomic E-state index is 12.1. The molecular formula is C22H37NO3. The molecule has 0 unspecified atom stereocenters. The topological polar surface area (TPSA) is 38.8 Å². The van der Waals surface area contributed by atoms with Crippen LogP contribution in [-0.4, -0.2) is 24.3 Å².